The molecule has 0 aliphatic carbocycles. The smallest absolute Gasteiger partial charge is 0.238 e. The Morgan fingerprint density at radius 2 is 1.81 bits per heavy atom. The molecule has 112 valence electrons. The lowest BCUT2D eigenvalue weighted by Gasteiger charge is -2.17. The van der Waals surface area contributed by atoms with Gasteiger partial charge in [0.1, 0.15) is 0 Å². The Balaban J connectivity index is 2.06. The molecule has 21 heavy (non-hydrogen) atoms. The molecule has 0 aromatic heterocycles. The van der Waals surface area contributed by atoms with Crippen molar-refractivity contribution in [1.29, 1.82) is 0 Å². The number of imide groups is 1. The molecule has 1 fully saturated rings. The fourth-order valence-electron chi connectivity index (χ4n) is 2.37. The second kappa shape index (κ2) is 5.65. The first-order valence-corrected chi connectivity index (χ1v) is 6.75. The van der Waals surface area contributed by atoms with Crippen LogP contribution in [0, 0.1) is 5.41 Å². The maximum Gasteiger partial charge on any atom is 0.238 e. The summed E-state index contributed by atoms with van der Waals surface area (Å²) in [5.41, 5.74) is 3.13. The van der Waals surface area contributed by atoms with Crippen LogP contribution in [0.25, 0.3) is 0 Å². The second-order valence-corrected chi connectivity index (χ2v) is 5.91. The Bertz CT molecular complexity index is 578. The molecule has 6 heteroatoms. The van der Waals surface area contributed by atoms with Gasteiger partial charge < -0.3 is 0 Å². The van der Waals surface area contributed by atoms with Gasteiger partial charge in [0, 0.05) is 6.42 Å². The number of nitrogens with one attached hydrogen (secondary N) is 1. The predicted octanol–water partition coefficient (Wildman–Crippen LogP) is 0.504. The fourth-order valence-corrected chi connectivity index (χ4v) is 2.37. The highest BCUT2D eigenvalue weighted by Crippen LogP contribution is 2.32. The average Bonchev–Trinajstić information content (AvgIpc) is 2.63. The normalized spacial score (nSPS) is 17.2. The largest absolute Gasteiger partial charge is 0.294 e. The molecule has 0 atom stereocenters. The highest BCUT2D eigenvalue weighted by molar-refractivity contribution is 6.05. The van der Waals surface area contributed by atoms with Crippen LogP contribution in [0.15, 0.2) is 24.3 Å². The maximum atomic E-state index is 12.1. The Morgan fingerprint density at radius 3 is 2.29 bits per heavy atom. The van der Waals surface area contributed by atoms with Gasteiger partial charge in [-0.15, -0.1) is 0 Å². The van der Waals surface area contributed by atoms with Gasteiger partial charge in [-0.25, -0.2) is 5.84 Å². The summed E-state index contributed by atoms with van der Waals surface area (Å²) in [5.74, 6) is 4.48. The number of carbonyl (C=O) groups excluding carboxylic acids is 3. The van der Waals surface area contributed by atoms with Crippen molar-refractivity contribution in [1.82, 2.24) is 10.3 Å². The zero-order valence-electron chi connectivity index (χ0n) is 12.2. The average molecular weight is 289 g/mol. The quantitative estimate of drug-likeness (QED) is 0.365. The molecule has 0 bridgehead atoms. The summed E-state index contributed by atoms with van der Waals surface area (Å²) in [6.07, 6.45) is 0.450. The molecule has 1 aromatic rings. The number of likely N-dealkylation sites (tertiary alicyclic amines) is 1. The first kappa shape index (κ1) is 15.2. The zero-order chi connectivity index (χ0) is 15.6. The van der Waals surface area contributed by atoms with E-state index in [1.165, 1.54) is 4.90 Å². The topological polar surface area (TPSA) is 92.5 Å². The predicted molar refractivity (Wildman–Crippen MR) is 76.4 cm³/mol. The van der Waals surface area contributed by atoms with Crippen LogP contribution in [-0.4, -0.2) is 22.6 Å². The Kier molecular flexibility index (Phi) is 4.09. The second-order valence-electron chi connectivity index (χ2n) is 5.91. The number of hydrazine groups is 1. The van der Waals surface area contributed by atoms with Crippen molar-refractivity contribution in [3.05, 3.63) is 35.4 Å². The summed E-state index contributed by atoms with van der Waals surface area (Å²) in [5, 5.41) is 0. The van der Waals surface area contributed by atoms with Crippen LogP contribution in [0.3, 0.4) is 0 Å². The Labute approximate surface area is 123 Å². The van der Waals surface area contributed by atoms with E-state index in [1.54, 1.807) is 26.0 Å². The molecular formula is C15H19N3O3. The highest BCUT2D eigenvalue weighted by atomic mass is 16.2. The van der Waals surface area contributed by atoms with E-state index in [0.29, 0.717) is 0 Å². The lowest BCUT2D eigenvalue weighted by molar-refractivity contribution is -0.141. The first-order chi connectivity index (χ1) is 9.83. The molecule has 0 saturated carbocycles. The van der Waals surface area contributed by atoms with Crippen molar-refractivity contribution in [2.24, 2.45) is 11.3 Å². The van der Waals surface area contributed by atoms with E-state index < -0.39 is 5.41 Å². The highest BCUT2D eigenvalue weighted by Gasteiger charge is 2.44. The molecule has 6 nitrogen and oxygen atoms in total. The minimum absolute atomic E-state index is 0.140. The maximum absolute atomic E-state index is 12.1. The van der Waals surface area contributed by atoms with Crippen molar-refractivity contribution >= 4 is 17.7 Å². The van der Waals surface area contributed by atoms with Crippen LogP contribution >= 0.6 is 0 Å². The van der Waals surface area contributed by atoms with Crippen LogP contribution in [0.2, 0.25) is 0 Å². The molecule has 2 rings (SSSR count). The van der Waals surface area contributed by atoms with Gasteiger partial charge in [-0.1, -0.05) is 38.1 Å². The Morgan fingerprint density at radius 1 is 1.24 bits per heavy atom. The molecule has 1 saturated heterocycles. The van der Waals surface area contributed by atoms with Crippen molar-refractivity contribution in [3.8, 4) is 0 Å². The van der Waals surface area contributed by atoms with Crippen molar-refractivity contribution < 1.29 is 14.4 Å². The number of carbonyl (C=O) groups is 3. The Hall–Kier alpha value is -2.21. The van der Waals surface area contributed by atoms with E-state index in [9.17, 15) is 14.4 Å². The van der Waals surface area contributed by atoms with Gasteiger partial charge in [-0.05, 0) is 11.1 Å². The van der Waals surface area contributed by atoms with Crippen LogP contribution in [-0.2, 0) is 27.3 Å². The zero-order valence-corrected chi connectivity index (χ0v) is 12.2. The minimum atomic E-state index is -0.615. The lowest BCUT2D eigenvalue weighted by Crippen LogP contribution is -2.32. The molecule has 0 radical (unpaired) electrons. The number of amides is 3. The van der Waals surface area contributed by atoms with Crippen LogP contribution in [0.5, 0.6) is 0 Å². The van der Waals surface area contributed by atoms with E-state index in [4.69, 9.17) is 5.84 Å². The van der Waals surface area contributed by atoms with Crippen molar-refractivity contribution in [2.45, 2.75) is 33.2 Å². The van der Waals surface area contributed by atoms with Crippen LogP contribution < -0.4 is 11.3 Å². The van der Waals surface area contributed by atoms with Crippen LogP contribution in [0.1, 0.15) is 31.4 Å². The van der Waals surface area contributed by atoms with Gasteiger partial charge in [-0.3, -0.25) is 24.7 Å². The summed E-state index contributed by atoms with van der Waals surface area (Å²) in [6.45, 7) is 3.83. The molecule has 0 unspecified atom stereocenters. The van der Waals surface area contributed by atoms with E-state index in [-0.39, 0.29) is 37.1 Å². The fraction of sp³-hybridized carbons (Fsp3) is 0.400. The minimum Gasteiger partial charge on any atom is -0.294 e. The van der Waals surface area contributed by atoms with Gasteiger partial charge in [-0.2, -0.15) is 0 Å². The number of hydrogen-bond acceptors (Lipinski definition) is 4. The molecular weight excluding hydrogens is 270 g/mol. The first-order valence-electron chi connectivity index (χ1n) is 6.75. The van der Waals surface area contributed by atoms with Crippen molar-refractivity contribution in [2.75, 3.05) is 0 Å². The molecule has 3 amide bonds. The molecule has 1 heterocycles. The summed E-state index contributed by atoms with van der Waals surface area (Å²) in [4.78, 5) is 36.5. The molecule has 3 N–H and O–H groups in total. The molecule has 1 aromatic carbocycles. The summed E-state index contributed by atoms with van der Waals surface area (Å²) < 4.78 is 0. The third-order valence-electron chi connectivity index (χ3n) is 3.61. The number of rotatable bonds is 4. The third-order valence-corrected chi connectivity index (χ3v) is 3.61. The van der Waals surface area contributed by atoms with Gasteiger partial charge in [0.05, 0.1) is 18.4 Å². The van der Waals surface area contributed by atoms with Crippen molar-refractivity contribution in [3.63, 3.8) is 0 Å². The molecule has 0 spiro atoms. The third kappa shape index (κ3) is 3.28. The number of benzene rings is 1. The van der Waals surface area contributed by atoms with Gasteiger partial charge in [0.15, 0.2) is 0 Å². The summed E-state index contributed by atoms with van der Waals surface area (Å²) in [6, 6.07) is 7.21. The lowest BCUT2D eigenvalue weighted by atomic mass is 9.92. The molecule has 1 aliphatic heterocycles. The number of nitrogens with zero attached hydrogens (tertiary/aromatic N) is 1. The number of nitrogens with two attached hydrogens (primary N) is 1. The standard InChI is InChI=1S/C15H19N3O3/c1-15(2)8-13(20)18(14(15)21)9-11-5-3-10(4-6-11)7-12(19)17-16/h3-6H,7-9,16H2,1-2H3,(H,17,19). The van der Waals surface area contributed by atoms with E-state index in [2.05, 4.69) is 5.43 Å². The SMILES string of the molecule is CC1(C)CC(=O)N(Cc2ccc(CC(=O)NN)cc2)C1=O. The molecule has 1 aliphatic rings. The van der Waals surface area contributed by atoms with E-state index in [0.717, 1.165) is 11.1 Å². The van der Waals surface area contributed by atoms with Gasteiger partial charge in [0.2, 0.25) is 17.7 Å². The summed E-state index contributed by atoms with van der Waals surface area (Å²) >= 11 is 0. The number of hydrogen-bond donors (Lipinski definition) is 2. The van der Waals surface area contributed by atoms with E-state index in [1.807, 2.05) is 12.1 Å². The summed E-state index contributed by atoms with van der Waals surface area (Å²) in [7, 11) is 0. The van der Waals surface area contributed by atoms with E-state index >= 15 is 0 Å². The van der Waals surface area contributed by atoms with Gasteiger partial charge >= 0.3 is 0 Å². The van der Waals surface area contributed by atoms with Crippen LogP contribution in [0.4, 0.5) is 0 Å². The monoisotopic (exact) mass is 289 g/mol. The van der Waals surface area contributed by atoms with Gasteiger partial charge in [0.25, 0.3) is 0 Å².